The van der Waals surface area contributed by atoms with Crippen molar-refractivity contribution in [2.45, 2.75) is 19.9 Å². The molecule has 0 amide bonds. The van der Waals surface area contributed by atoms with Crippen molar-refractivity contribution in [2.75, 3.05) is 20.8 Å². The number of nitrogens with one attached hydrogen (secondary N) is 1. The van der Waals surface area contributed by atoms with E-state index in [-0.39, 0.29) is 0 Å². The Morgan fingerprint density at radius 2 is 1.71 bits per heavy atom. The number of benzene rings is 2. The number of hydrogen-bond acceptors (Lipinski definition) is 3. The fourth-order valence-electron chi connectivity index (χ4n) is 2.42. The van der Waals surface area contributed by atoms with Crippen LogP contribution in [0.4, 0.5) is 0 Å². The van der Waals surface area contributed by atoms with Crippen LogP contribution in [0.25, 0.3) is 11.1 Å². The lowest BCUT2D eigenvalue weighted by Crippen LogP contribution is -2.17. The normalized spacial score (nSPS) is 12.0. The van der Waals surface area contributed by atoms with Crippen LogP contribution in [0.2, 0.25) is 0 Å². The van der Waals surface area contributed by atoms with Gasteiger partial charge in [-0.15, -0.1) is 0 Å². The molecular weight excluding hydrogens is 262 g/mol. The predicted molar refractivity (Wildman–Crippen MR) is 87.1 cm³/mol. The van der Waals surface area contributed by atoms with Gasteiger partial charge in [0.05, 0.1) is 14.2 Å². The summed E-state index contributed by atoms with van der Waals surface area (Å²) in [5.74, 6) is 1.68. The summed E-state index contributed by atoms with van der Waals surface area (Å²) in [5, 5.41) is 3.42. The van der Waals surface area contributed by atoms with Crippen molar-refractivity contribution in [1.82, 2.24) is 5.32 Å². The highest BCUT2D eigenvalue weighted by atomic mass is 16.5. The van der Waals surface area contributed by atoms with Gasteiger partial charge in [0, 0.05) is 11.6 Å². The summed E-state index contributed by atoms with van der Waals surface area (Å²) < 4.78 is 10.8. The van der Waals surface area contributed by atoms with Crippen LogP contribution in [0.15, 0.2) is 42.5 Å². The number of rotatable bonds is 6. The van der Waals surface area contributed by atoms with E-state index >= 15 is 0 Å². The van der Waals surface area contributed by atoms with Gasteiger partial charge in [-0.05, 0) is 42.8 Å². The number of hydrogen-bond donors (Lipinski definition) is 1. The Morgan fingerprint density at radius 3 is 2.29 bits per heavy atom. The van der Waals surface area contributed by atoms with Gasteiger partial charge in [0.25, 0.3) is 0 Å². The van der Waals surface area contributed by atoms with Crippen LogP contribution in [0.1, 0.15) is 25.5 Å². The van der Waals surface area contributed by atoms with E-state index in [0.29, 0.717) is 6.04 Å². The van der Waals surface area contributed by atoms with Crippen LogP contribution in [-0.2, 0) is 0 Å². The summed E-state index contributed by atoms with van der Waals surface area (Å²) in [4.78, 5) is 0. The number of ether oxygens (including phenoxy) is 2. The van der Waals surface area contributed by atoms with Gasteiger partial charge >= 0.3 is 0 Å². The molecule has 0 aliphatic heterocycles. The molecule has 0 heterocycles. The third kappa shape index (κ3) is 3.56. The van der Waals surface area contributed by atoms with Crippen LogP contribution >= 0.6 is 0 Å². The molecule has 0 saturated carbocycles. The van der Waals surface area contributed by atoms with Gasteiger partial charge in [0.15, 0.2) is 0 Å². The van der Waals surface area contributed by atoms with Crippen molar-refractivity contribution in [2.24, 2.45) is 0 Å². The molecule has 2 aromatic rings. The third-order valence-corrected chi connectivity index (χ3v) is 3.64. The van der Waals surface area contributed by atoms with E-state index < -0.39 is 0 Å². The zero-order valence-electron chi connectivity index (χ0n) is 13.1. The Bertz CT molecular complexity index is 578. The van der Waals surface area contributed by atoms with Crippen molar-refractivity contribution in [1.29, 1.82) is 0 Å². The average Bonchev–Trinajstić information content (AvgIpc) is 2.54. The summed E-state index contributed by atoms with van der Waals surface area (Å²) in [7, 11) is 3.36. The first-order chi connectivity index (χ1) is 10.2. The van der Waals surface area contributed by atoms with Crippen molar-refractivity contribution >= 4 is 0 Å². The van der Waals surface area contributed by atoms with E-state index in [0.717, 1.165) is 29.2 Å². The van der Waals surface area contributed by atoms with Crippen molar-refractivity contribution in [3.05, 3.63) is 48.0 Å². The Hall–Kier alpha value is -2.00. The molecule has 1 atom stereocenters. The molecule has 21 heavy (non-hydrogen) atoms. The van der Waals surface area contributed by atoms with Crippen LogP contribution in [0.3, 0.4) is 0 Å². The maximum atomic E-state index is 5.45. The maximum absolute atomic E-state index is 5.45. The van der Waals surface area contributed by atoms with Gasteiger partial charge < -0.3 is 14.8 Å². The molecule has 0 bridgehead atoms. The van der Waals surface area contributed by atoms with Gasteiger partial charge in [-0.3, -0.25) is 0 Å². The minimum absolute atomic E-state index is 0.358. The first-order valence-electron chi connectivity index (χ1n) is 7.25. The lowest BCUT2D eigenvalue weighted by molar-refractivity contribution is 0.404. The smallest absolute Gasteiger partial charge is 0.126 e. The van der Waals surface area contributed by atoms with Gasteiger partial charge in [-0.1, -0.05) is 31.2 Å². The SMILES string of the molecule is CCNC(C)c1ccc(-c2cc(OC)ccc2OC)cc1. The zero-order chi connectivity index (χ0) is 15.2. The molecule has 0 radical (unpaired) electrons. The molecule has 3 nitrogen and oxygen atoms in total. The van der Waals surface area contributed by atoms with Crippen LogP contribution < -0.4 is 14.8 Å². The van der Waals surface area contributed by atoms with E-state index in [1.807, 2.05) is 18.2 Å². The second-order valence-electron chi connectivity index (χ2n) is 4.97. The van der Waals surface area contributed by atoms with E-state index in [2.05, 4.69) is 43.4 Å². The van der Waals surface area contributed by atoms with E-state index in [9.17, 15) is 0 Å². The molecule has 0 spiro atoms. The van der Waals surface area contributed by atoms with Crippen LogP contribution in [0.5, 0.6) is 11.5 Å². The van der Waals surface area contributed by atoms with Gasteiger partial charge in [-0.25, -0.2) is 0 Å². The largest absolute Gasteiger partial charge is 0.497 e. The molecule has 2 aromatic carbocycles. The molecule has 112 valence electrons. The molecular formula is C18H23NO2. The third-order valence-electron chi connectivity index (χ3n) is 3.64. The van der Waals surface area contributed by atoms with Crippen molar-refractivity contribution in [3.63, 3.8) is 0 Å². The van der Waals surface area contributed by atoms with Crippen molar-refractivity contribution < 1.29 is 9.47 Å². The van der Waals surface area contributed by atoms with Gasteiger partial charge in [-0.2, -0.15) is 0 Å². The molecule has 0 aromatic heterocycles. The first-order valence-corrected chi connectivity index (χ1v) is 7.25. The van der Waals surface area contributed by atoms with Crippen LogP contribution in [0, 0.1) is 0 Å². The molecule has 1 unspecified atom stereocenters. The molecule has 0 fully saturated rings. The second-order valence-corrected chi connectivity index (χ2v) is 4.97. The van der Waals surface area contributed by atoms with Gasteiger partial charge in [0.2, 0.25) is 0 Å². The topological polar surface area (TPSA) is 30.5 Å². The lowest BCUT2D eigenvalue weighted by Gasteiger charge is -2.14. The second kappa shape index (κ2) is 7.14. The van der Waals surface area contributed by atoms with Crippen LogP contribution in [-0.4, -0.2) is 20.8 Å². The molecule has 1 N–H and O–H groups in total. The Labute approximate surface area is 126 Å². The Balaban J connectivity index is 2.33. The maximum Gasteiger partial charge on any atom is 0.126 e. The van der Waals surface area contributed by atoms with E-state index in [4.69, 9.17) is 9.47 Å². The summed E-state index contributed by atoms with van der Waals surface area (Å²) in [6.07, 6.45) is 0. The Morgan fingerprint density at radius 1 is 1.00 bits per heavy atom. The fourth-order valence-corrected chi connectivity index (χ4v) is 2.42. The highest BCUT2D eigenvalue weighted by Crippen LogP contribution is 2.33. The molecule has 2 rings (SSSR count). The number of methoxy groups -OCH3 is 2. The monoisotopic (exact) mass is 285 g/mol. The predicted octanol–water partition coefficient (Wildman–Crippen LogP) is 4.04. The first kappa shape index (κ1) is 15.4. The fraction of sp³-hybridized carbons (Fsp3) is 0.333. The van der Waals surface area contributed by atoms with E-state index in [1.54, 1.807) is 14.2 Å². The quantitative estimate of drug-likeness (QED) is 0.869. The summed E-state index contributed by atoms with van der Waals surface area (Å²) >= 11 is 0. The molecule has 0 aliphatic carbocycles. The summed E-state index contributed by atoms with van der Waals surface area (Å²) in [6.45, 7) is 5.25. The minimum Gasteiger partial charge on any atom is -0.497 e. The lowest BCUT2D eigenvalue weighted by atomic mass is 10.0. The summed E-state index contributed by atoms with van der Waals surface area (Å²) in [6, 6.07) is 14.8. The average molecular weight is 285 g/mol. The van der Waals surface area contributed by atoms with E-state index in [1.165, 1.54) is 5.56 Å². The Kier molecular flexibility index (Phi) is 5.23. The zero-order valence-corrected chi connectivity index (χ0v) is 13.1. The highest BCUT2D eigenvalue weighted by Gasteiger charge is 2.09. The van der Waals surface area contributed by atoms with Crippen molar-refractivity contribution in [3.8, 4) is 22.6 Å². The summed E-state index contributed by atoms with van der Waals surface area (Å²) in [5.41, 5.74) is 3.44. The molecule has 0 aliphatic rings. The molecule has 3 heteroatoms. The molecule has 0 saturated heterocycles. The minimum atomic E-state index is 0.358. The highest BCUT2D eigenvalue weighted by molar-refractivity contribution is 5.72. The standard InChI is InChI=1S/C18H23NO2/c1-5-19-13(2)14-6-8-15(9-7-14)17-12-16(20-3)10-11-18(17)21-4/h6-13,19H,5H2,1-4H3. The van der Waals surface area contributed by atoms with Gasteiger partial charge in [0.1, 0.15) is 11.5 Å².